The molecule has 0 aromatic rings. The Bertz CT molecular complexity index is 84.1. The molecule has 0 fully saturated rings. The molecule has 0 rings (SSSR count). The Labute approximate surface area is 71.1 Å². The molecule has 0 atom stereocenters. The van der Waals surface area contributed by atoms with Crippen LogP contribution >= 0.6 is 0 Å². The molecule has 0 aromatic carbocycles. The maximum absolute atomic E-state index is 5.60. The normalized spacial score (nSPS) is 12.0. The molecule has 0 heterocycles. The summed E-state index contributed by atoms with van der Waals surface area (Å²) < 4.78 is 11.2. The largest absolute Gasteiger partial charge is 0.395 e. The molecule has 68 valence electrons. The van der Waals surface area contributed by atoms with Crippen LogP contribution in [0.5, 0.6) is 0 Å². The minimum absolute atomic E-state index is 0.836. The molecule has 0 spiro atoms. The predicted octanol–water partition coefficient (Wildman–Crippen LogP) is 2.54. The van der Waals surface area contributed by atoms with Gasteiger partial charge >= 0.3 is 8.56 Å². The monoisotopic (exact) mass is 176 g/mol. The summed E-state index contributed by atoms with van der Waals surface area (Å²) >= 11 is 0. The maximum Gasteiger partial charge on any atom is 0.331 e. The quantitative estimate of drug-likeness (QED) is 0.579. The zero-order valence-electron chi connectivity index (χ0n) is 8.14. The average Bonchev–Trinajstić information content (AvgIpc) is 1.97. The number of rotatable bonds is 6. The van der Waals surface area contributed by atoms with E-state index in [1.54, 1.807) is 0 Å². The lowest BCUT2D eigenvalue weighted by atomic mass is 10.5. The fourth-order valence-electron chi connectivity index (χ4n) is 0.737. The van der Waals surface area contributed by atoms with Crippen LogP contribution in [0.2, 0.25) is 13.1 Å². The molecule has 0 saturated heterocycles. The number of hydrogen-bond acceptors (Lipinski definition) is 2. The van der Waals surface area contributed by atoms with E-state index in [1.807, 2.05) is 0 Å². The second-order valence-electron chi connectivity index (χ2n) is 3.10. The summed E-state index contributed by atoms with van der Waals surface area (Å²) in [6.07, 6.45) is 2.15. The molecule has 0 bridgehead atoms. The summed E-state index contributed by atoms with van der Waals surface area (Å²) in [6.45, 7) is 10.1. The van der Waals surface area contributed by atoms with Crippen molar-refractivity contribution in [1.82, 2.24) is 0 Å². The Kier molecular flexibility index (Phi) is 5.82. The van der Waals surface area contributed by atoms with Crippen molar-refractivity contribution in [2.75, 3.05) is 13.2 Å². The molecule has 0 N–H and O–H groups in total. The molecule has 0 saturated carbocycles. The minimum atomic E-state index is -1.75. The van der Waals surface area contributed by atoms with Crippen LogP contribution in [0.1, 0.15) is 26.7 Å². The molecule has 0 aliphatic rings. The van der Waals surface area contributed by atoms with Gasteiger partial charge in [0.2, 0.25) is 0 Å². The number of hydrogen-bond donors (Lipinski definition) is 0. The SMILES string of the molecule is CCCO[Si](C)(C)OCCC. The van der Waals surface area contributed by atoms with Crippen LogP contribution in [-0.2, 0) is 8.85 Å². The lowest BCUT2D eigenvalue weighted by Gasteiger charge is -2.21. The lowest BCUT2D eigenvalue weighted by Crippen LogP contribution is -2.35. The third kappa shape index (κ3) is 6.53. The Balaban J connectivity index is 3.43. The molecule has 0 aromatic heterocycles. The van der Waals surface area contributed by atoms with E-state index < -0.39 is 8.56 Å². The van der Waals surface area contributed by atoms with Crippen LogP contribution in [0, 0.1) is 0 Å². The summed E-state index contributed by atoms with van der Waals surface area (Å²) in [5, 5.41) is 0. The van der Waals surface area contributed by atoms with Gasteiger partial charge in [-0.2, -0.15) is 0 Å². The van der Waals surface area contributed by atoms with Gasteiger partial charge in [0.15, 0.2) is 0 Å². The van der Waals surface area contributed by atoms with Gasteiger partial charge < -0.3 is 8.85 Å². The molecule has 3 heteroatoms. The average molecular weight is 176 g/mol. The van der Waals surface area contributed by atoms with E-state index in [0.717, 1.165) is 26.1 Å². The maximum atomic E-state index is 5.60. The molecule has 0 aliphatic carbocycles. The Hall–Kier alpha value is 0.137. The van der Waals surface area contributed by atoms with Crippen LogP contribution in [0.3, 0.4) is 0 Å². The first-order chi connectivity index (χ1) is 5.12. The smallest absolute Gasteiger partial charge is 0.331 e. The first-order valence-corrected chi connectivity index (χ1v) is 7.22. The standard InChI is InChI=1S/C8H20O2Si/c1-5-7-9-11(3,4)10-8-6-2/h5-8H2,1-4H3. The van der Waals surface area contributed by atoms with Crippen molar-refractivity contribution in [2.45, 2.75) is 39.8 Å². The summed E-state index contributed by atoms with van der Waals surface area (Å²) in [5.41, 5.74) is 0. The molecule has 0 amide bonds. The highest BCUT2D eigenvalue weighted by molar-refractivity contribution is 6.64. The van der Waals surface area contributed by atoms with Gasteiger partial charge in [-0.15, -0.1) is 0 Å². The fraction of sp³-hybridized carbons (Fsp3) is 1.00. The predicted molar refractivity (Wildman–Crippen MR) is 50.0 cm³/mol. The van der Waals surface area contributed by atoms with Crippen molar-refractivity contribution < 1.29 is 8.85 Å². The van der Waals surface area contributed by atoms with Crippen molar-refractivity contribution >= 4 is 8.56 Å². The third-order valence-corrected chi connectivity index (χ3v) is 3.11. The minimum Gasteiger partial charge on any atom is -0.395 e. The Morgan fingerprint density at radius 3 is 1.55 bits per heavy atom. The van der Waals surface area contributed by atoms with Crippen molar-refractivity contribution in [1.29, 1.82) is 0 Å². The Morgan fingerprint density at radius 1 is 0.909 bits per heavy atom. The van der Waals surface area contributed by atoms with E-state index in [1.165, 1.54) is 0 Å². The second kappa shape index (κ2) is 5.74. The van der Waals surface area contributed by atoms with Crippen molar-refractivity contribution in [2.24, 2.45) is 0 Å². The third-order valence-electron chi connectivity index (χ3n) is 1.31. The van der Waals surface area contributed by atoms with E-state index in [-0.39, 0.29) is 0 Å². The summed E-state index contributed by atoms with van der Waals surface area (Å²) in [6, 6.07) is 0. The molecule has 2 nitrogen and oxygen atoms in total. The molecular formula is C8H20O2Si. The van der Waals surface area contributed by atoms with Crippen molar-refractivity contribution in [3.63, 3.8) is 0 Å². The van der Waals surface area contributed by atoms with Crippen LogP contribution in [-0.4, -0.2) is 21.8 Å². The van der Waals surface area contributed by atoms with Crippen LogP contribution in [0.15, 0.2) is 0 Å². The van der Waals surface area contributed by atoms with E-state index in [9.17, 15) is 0 Å². The first-order valence-electron chi connectivity index (χ1n) is 4.40. The zero-order chi connectivity index (χ0) is 8.74. The molecule has 11 heavy (non-hydrogen) atoms. The van der Waals surface area contributed by atoms with Gasteiger partial charge in [-0.1, -0.05) is 13.8 Å². The lowest BCUT2D eigenvalue weighted by molar-refractivity contribution is 0.179. The van der Waals surface area contributed by atoms with E-state index in [0.29, 0.717) is 0 Å². The molecule has 0 radical (unpaired) electrons. The van der Waals surface area contributed by atoms with Crippen molar-refractivity contribution in [3.05, 3.63) is 0 Å². The Morgan fingerprint density at radius 2 is 1.27 bits per heavy atom. The fourth-order valence-corrected chi connectivity index (χ4v) is 2.21. The summed E-state index contributed by atoms with van der Waals surface area (Å²) in [7, 11) is -1.75. The highest BCUT2D eigenvalue weighted by Gasteiger charge is 2.23. The van der Waals surface area contributed by atoms with Gasteiger partial charge in [0.1, 0.15) is 0 Å². The second-order valence-corrected chi connectivity index (χ2v) is 6.47. The first kappa shape index (κ1) is 11.1. The van der Waals surface area contributed by atoms with Gasteiger partial charge in [0, 0.05) is 13.2 Å². The van der Waals surface area contributed by atoms with Crippen molar-refractivity contribution in [3.8, 4) is 0 Å². The van der Waals surface area contributed by atoms with Crippen LogP contribution in [0.4, 0.5) is 0 Å². The van der Waals surface area contributed by atoms with Gasteiger partial charge in [-0.05, 0) is 25.9 Å². The highest BCUT2D eigenvalue weighted by atomic mass is 28.4. The van der Waals surface area contributed by atoms with Gasteiger partial charge in [-0.3, -0.25) is 0 Å². The molecular weight excluding hydrogens is 156 g/mol. The van der Waals surface area contributed by atoms with Gasteiger partial charge in [0.05, 0.1) is 0 Å². The molecule has 0 aliphatic heterocycles. The summed E-state index contributed by atoms with van der Waals surface area (Å²) in [4.78, 5) is 0. The zero-order valence-corrected chi connectivity index (χ0v) is 9.14. The van der Waals surface area contributed by atoms with E-state index >= 15 is 0 Å². The summed E-state index contributed by atoms with van der Waals surface area (Å²) in [5.74, 6) is 0. The van der Waals surface area contributed by atoms with Gasteiger partial charge in [-0.25, -0.2) is 0 Å². The highest BCUT2D eigenvalue weighted by Crippen LogP contribution is 2.06. The van der Waals surface area contributed by atoms with E-state index in [2.05, 4.69) is 26.9 Å². The topological polar surface area (TPSA) is 18.5 Å². The van der Waals surface area contributed by atoms with Crippen LogP contribution in [0.25, 0.3) is 0 Å². The van der Waals surface area contributed by atoms with E-state index in [4.69, 9.17) is 8.85 Å². The van der Waals surface area contributed by atoms with Crippen LogP contribution < -0.4 is 0 Å². The molecule has 0 unspecified atom stereocenters. The van der Waals surface area contributed by atoms with Gasteiger partial charge in [0.25, 0.3) is 0 Å².